The predicted octanol–water partition coefficient (Wildman–Crippen LogP) is 3.08. The van der Waals surface area contributed by atoms with Crippen LogP contribution in [0, 0.1) is 5.92 Å². The quantitative estimate of drug-likeness (QED) is 0.850. The monoisotopic (exact) mass is 222 g/mol. The van der Waals surface area contributed by atoms with Gasteiger partial charge in [0.15, 0.2) is 0 Å². The summed E-state index contributed by atoms with van der Waals surface area (Å²) in [5.74, 6) is 1.77. The van der Waals surface area contributed by atoms with Crippen molar-refractivity contribution in [2.75, 3.05) is 14.2 Å². The molecule has 0 fully saturated rings. The van der Waals surface area contributed by atoms with Gasteiger partial charge in [-0.1, -0.05) is 26.0 Å². The lowest BCUT2D eigenvalue weighted by Crippen LogP contribution is -1.91. The highest BCUT2D eigenvalue weighted by Crippen LogP contribution is 2.34. The number of rotatable bonds is 4. The Kier molecular flexibility index (Phi) is 4.23. The minimum atomic E-state index is 0.160. The Bertz CT molecular complexity index is 381. The van der Waals surface area contributed by atoms with Gasteiger partial charge < -0.3 is 14.6 Å². The molecule has 0 unspecified atom stereocenters. The van der Waals surface area contributed by atoms with E-state index in [1.807, 2.05) is 12.2 Å². The van der Waals surface area contributed by atoms with Gasteiger partial charge in [0.2, 0.25) is 0 Å². The SMILES string of the molecule is COc1cc(O)c(C=CC(C)C)c(OC)c1. The highest BCUT2D eigenvalue weighted by molar-refractivity contribution is 5.66. The molecule has 0 amide bonds. The minimum absolute atomic E-state index is 0.160. The molecule has 0 aliphatic rings. The minimum Gasteiger partial charge on any atom is -0.507 e. The topological polar surface area (TPSA) is 38.7 Å². The fraction of sp³-hybridized carbons (Fsp3) is 0.385. The van der Waals surface area contributed by atoms with Crippen molar-refractivity contribution in [1.82, 2.24) is 0 Å². The molecule has 1 rings (SSSR count). The van der Waals surface area contributed by atoms with Crippen molar-refractivity contribution in [1.29, 1.82) is 0 Å². The molecular formula is C13H18O3. The summed E-state index contributed by atoms with van der Waals surface area (Å²) >= 11 is 0. The zero-order valence-corrected chi connectivity index (χ0v) is 10.2. The first-order valence-corrected chi connectivity index (χ1v) is 5.21. The number of methoxy groups -OCH3 is 2. The van der Waals surface area contributed by atoms with E-state index in [0.29, 0.717) is 23.0 Å². The zero-order chi connectivity index (χ0) is 12.1. The smallest absolute Gasteiger partial charge is 0.133 e. The maximum atomic E-state index is 9.84. The zero-order valence-electron chi connectivity index (χ0n) is 10.2. The number of ether oxygens (including phenoxy) is 2. The van der Waals surface area contributed by atoms with Gasteiger partial charge in [0.05, 0.1) is 19.8 Å². The molecule has 0 heterocycles. The molecule has 16 heavy (non-hydrogen) atoms. The average molecular weight is 222 g/mol. The molecule has 0 saturated heterocycles. The van der Waals surface area contributed by atoms with Crippen LogP contribution in [0.5, 0.6) is 17.2 Å². The number of phenolic OH excluding ortho intramolecular Hbond substituents is 1. The fourth-order valence-corrected chi connectivity index (χ4v) is 1.33. The normalized spacial score (nSPS) is 11.1. The fourth-order valence-electron chi connectivity index (χ4n) is 1.33. The molecule has 1 aromatic rings. The van der Waals surface area contributed by atoms with Crippen LogP contribution in [0.3, 0.4) is 0 Å². The van der Waals surface area contributed by atoms with E-state index < -0.39 is 0 Å². The summed E-state index contributed by atoms with van der Waals surface area (Å²) in [6, 6.07) is 3.32. The Labute approximate surface area is 96.3 Å². The Balaban J connectivity index is 3.16. The van der Waals surface area contributed by atoms with Crippen molar-refractivity contribution in [3.8, 4) is 17.2 Å². The van der Waals surface area contributed by atoms with Crippen LogP contribution in [-0.2, 0) is 0 Å². The maximum Gasteiger partial charge on any atom is 0.133 e. The summed E-state index contributed by atoms with van der Waals surface area (Å²) in [7, 11) is 3.12. The third-order valence-corrected chi connectivity index (χ3v) is 2.20. The van der Waals surface area contributed by atoms with Gasteiger partial charge in [-0.25, -0.2) is 0 Å². The summed E-state index contributed by atoms with van der Waals surface area (Å²) in [4.78, 5) is 0. The molecule has 88 valence electrons. The molecule has 1 N–H and O–H groups in total. The maximum absolute atomic E-state index is 9.84. The Morgan fingerprint density at radius 2 is 1.88 bits per heavy atom. The molecule has 3 heteroatoms. The van der Waals surface area contributed by atoms with Gasteiger partial charge >= 0.3 is 0 Å². The molecule has 0 aliphatic heterocycles. The second-order valence-corrected chi connectivity index (χ2v) is 3.87. The molecule has 0 atom stereocenters. The van der Waals surface area contributed by atoms with Crippen molar-refractivity contribution >= 4 is 6.08 Å². The van der Waals surface area contributed by atoms with E-state index in [1.165, 1.54) is 0 Å². The number of allylic oxidation sites excluding steroid dienone is 1. The second kappa shape index (κ2) is 5.45. The number of phenols is 1. The lowest BCUT2D eigenvalue weighted by molar-refractivity contribution is 0.384. The number of hydrogen-bond donors (Lipinski definition) is 1. The molecule has 0 saturated carbocycles. The molecule has 0 bridgehead atoms. The molecule has 0 aromatic heterocycles. The molecule has 1 aromatic carbocycles. The average Bonchev–Trinajstić information content (AvgIpc) is 2.26. The van der Waals surface area contributed by atoms with Gasteiger partial charge in [0.25, 0.3) is 0 Å². The Morgan fingerprint density at radius 1 is 1.19 bits per heavy atom. The largest absolute Gasteiger partial charge is 0.507 e. The van der Waals surface area contributed by atoms with Crippen LogP contribution in [-0.4, -0.2) is 19.3 Å². The second-order valence-electron chi connectivity index (χ2n) is 3.87. The van der Waals surface area contributed by atoms with Crippen molar-refractivity contribution in [2.24, 2.45) is 5.92 Å². The number of hydrogen-bond acceptors (Lipinski definition) is 3. The summed E-state index contributed by atoms with van der Waals surface area (Å²) in [6.07, 6.45) is 3.86. The van der Waals surface area contributed by atoms with Crippen LogP contribution < -0.4 is 9.47 Å². The summed E-state index contributed by atoms with van der Waals surface area (Å²) in [6.45, 7) is 4.15. The number of benzene rings is 1. The summed E-state index contributed by atoms with van der Waals surface area (Å²) in [5.41, 5.74) is 0.678. The van der Waals surface area contributed by atoms with Crippen LogP contribution in [0.2, 0.25) is 0 Å². The number of aromatic hydroxyl groups is 1. The van der Waals surface area contributed by atoms with Gasteiger partial charge in [-0.05, 0) is 5.92 Å². The van der Waals surface area contributed by atoms with Crippen molar-refractivity contribution in [3.05, 3.63) is 23.8 Å². The molecular weight excluding hydrogens is 204 g/mol. The predicted molar refractivity (Wildman–Crippen MR) is 65.1 cm³/mol. The van der Waals surface area contributed by atoms with Gasteiger partial charge in [-0.3, -0.25) is 0 Å². The van der Waals surface area contributed by atoms with Gasteiger partial charge in [0, 0.05) is 12.1 Å². The van der Waals surface area contributed by atoms with Gasteiger partial charge in [-0.15, -0.1) is 0 Å². The van der Waals surface area contributed by atoms with Crippen molar-refractivity contribution in [3.63, 3.8) is 0 Å². The molecule has 0 radical (unpaired) electrons. The summed E-state index contributed by atoms with van der Waals surface area (Å²) in [5, 5.41) is 9.84. The Morgan fingerprint density at radius 3 is 2.38 bits per heavy atom. The van der Waals surface area contributed by atoms with E-state index in [-0.39, 0.29) is 5.75 Å². The first kappa shape index (κ1) is 12.4. The van der Waals surface area contributed by atoms with Crippen LogP contribution in [0.25, 0.3) is 6.08 Å². The van der Waals surface area contributed by atoms with Gasteiger partial charge in [-0.2, -0.15) is 0 Å². The van der Waals surface area contributed by atoms with Crippen LogP contribution in [0.1, 0.15) is 19.4 Å². The first-order chi connectivity index (χ1) is 7.58. The van der Waals surface area contributed by atoms with E-state index in [4.69, 9.17) is 9.47 Å². The molecule has 0 aliphatic carbocycles. The van der Waals surface area contributed by atoms with E-state index in [9.17, 15) is 5.11 Å². The third kappa shape index (κ3) is 2.92. The van der Waals surface area contributed by atoms with E-state index >= 15 is 0 Å². The van der Waals surface area contributed by atoms with Crippen LogP contribution in [0.4, 0.5) is 0 Å². The molecule has 0 spiro atoms. The van der Waals surface area contributed by atoms with Gasteiger partial charge in [0.1, 0.15) is 17.2 Å². The highest BCUT2D eigenvalue weighted by Gasteiger charge is 2.08. The Hall–Kier alpha value is -1.64. The van der Waals surface area contributed by atoms with Crippen LogP contribution >= 0.6 is 0 Å². The summed E-state index contributed by atoms with van der Waals surface area (Å²) < 4.78 is 10.3. The third-order valence-electron chi connectivity index (χ3n) is 2.20. The standard InChI is InChI=1S/C13H18O3/c1-9(2)5-6-11-12(14)7-10(15-3)8-13(11)16-4/h5-9,14H,1-4H3. The van der Waals surface area contributed by atoms with Crippen molar-refractivity contribution < 1.29 is 14.6 Å². The highest BCUT2D eigenvalue weighted by atomic mass is 16.5. The van der Waals surface area contributed by atoms with E-state index in [0.717, 1.165) is 0 Å². The lowest BCUT2D eigenvalue weighted by Gasteiger charge is -2.10. The van der Waals surface area contributed by atoms with Crippen molar-refractivity contribution in [2.45, 2.75) is 13.8 Å². The van der Waals surface area contributed by atoms with E-state index in [1.54, 1.807) is 26.4 Å². The van der Waals surface area contributed by atoms with E-state index in [2.05, 4.69) is 13.8 Å². The molecule has 3 nitrogen and oxygen atoms in total. The van der Waals surface area contributed by atoms with Crippen LogP contribution in [0.15, 0.2) is 18.2 Å². The first-order valence-electron chi connectivity index (χ1n) is 5.21. The lowest BCUT2D eigenvalue weighted by atomic mass is 10.1.